The minimum Gasteiger partial charge on any atom is -0.459 e. The normalized spacial score (nSPS) is 13.7. The molecule has 7 atom stereocenters. The Kier molecular flexibility index (Phi) is 29.5. The Bertz CT molecular complexity index is 3170. The van der Waals surface area contributed by atoms with Crippen LogP contribution < -0.4 is 59.3 Å². The summed E-state index contributed by atoms with van der Waals surface area (Å²) in [6, 6.07) is 24.9. The third-order valence-electron chi connectivity index (χ3n) is 14.7. The molecule has 0 saturated carbocycles. The number of fused-ring (bicyclic) bond motifs is 3. The van der Waals surface area contributed by atoms with Gasteiger partial charge in [-0.05, 0) is 126 Å². The van der Waals surface area contributed by atoms with Crippen LogP contribution in [0.1, 0.15) is 134 Å². The number of hydrogen-bond donors (Lipinski definition) is 11. The fourth-order valence-electron chi connectivity index (χ4n) is 9.68. The number of carbonyl (C=O) groups excluding carboxylic acids is 12. The predicted octanol–water partition coefficient (Wildman–Crippen LogP) is 3.93. The third-order valence-corrected chi connectivity index (χ3v) is 14.7. The molecule has 11 amide bonds. The molecule has 27 heteroatoms. The van der Waals surface area contributed by atoms with E-state index >= 15 is 0 Å². The van der Waals surface area contributed by atoms with Crippen molar-refractivity contribution in [2.45, 2.75) is 173 Å². The van der Waals surface area contributed by atoms with E-state index in [9.17, 15) is 57.5 Å². The average molecular weight is 1290 g/mol. The highest BCUT2D eigenvalue weighted by molar-refractivity contribution is 5.94. The van der Waals surface area contributed by atoms with Gasteiger partial charge in [0.05, 0.1) is 0 Å². The van der Waals surface area contributed by atoms with Crippen LogP contribution in [0.5, 0.6) is 0 Å². The van der Waals surface area contributed by atoms with Crippen LogP contribution in [-0.2, 0) is 75.3 Å². The summed E-state index contributed by atoms with van der Waals surface area (Å²) in [7, 11) is 0. The second kappa shape index (κ2) is 37.3. The van der Waals surface area contributed by atoms with Crippen LogP contribution in [0.3, 0.4) is 0 Å². The molecular formula is C66H87N11O16. The lowest BCUT2D eigenvalue weighted by Gasteiger charge is -2.23. The van der Waals surface area contributed by atoms with Crippen molar-refractivity contribution in [1.82, 2.24) is 47.9 Å². The summed E-state index contributed by atoms with van der Waals surface area (Å²) in [6.07, 6.45) is -2.47. The number of nitrogens with two attached hydrogens (primary N) is 2. The number of carbonyl (C=O) groups is 12. The zero-order valence-corrected chi connectivity index (χ0v) is 53.3. The van der Waals surface area contributed by atoms with Gasteiger partial charge in [0, 0.05) is 31.8 Å². The summed E-state index contributed by atoms with van der Waals surface area (Å²) in [4.78, 5) is 156. The van der Waals surface area contributed by atoms with Crippen molar-refractivity contribution in [1.29, 1.82) is 0 Å². The molecule has 502 valence electrons. The first-order chi connectivity index (χ1) is 44.3. The molecular weight excluding hydrogens is 1200 g/mol. The Morgan fingerprint density at radius 2 is 0.871 bits per heavy atom. The van der Waals surface area contributed by atoms with Crippen molar-refractivity contribution in [3.63, 3.8) is 0 Å². The largest absolute Gasteiger partial charge is 0.459 e. The summed E-state index contributed by atoms with van der Waals surface area (Å²) >= 11 is 0. The number of rotatable bonds is 36. The van der Waals surface area contributed by atoms with Crippen molar-refractivity contribution in [3.05, 3.63) is 131 Å². The van der Waals surface area contributed by atoms with E-state index in [4.69, 9.17) is 30.4 Å². The van der Waals surface area contributed by atoms with Crippen molar-refractivity contribution >= 4 is 71.5 Å². The van der Waals surface area contributed by atoms with E-state index in [-0.39, 0.29) is 83.8 Å². The van der Waals surface area contributed by atoms with E-state index in [2.05, 4.69) is 47.9 Å². The van der Waals surface area contributed by atoms with Crippen molar-refractivity contribution in [2.75, 3.05) is 19.7 Å². The van der Waals surface area contributed by atoms with Gasteiger partial charge in [0.15, 0.2) is 0 Å². The van der Waals surface area contributed by atoms with Gasteiger partial charge in [0.25, 0.3) is 0 Å². The molecule has 0 radical (unpaired) electrons. The molecule has 4 aromatic rings. The molecule has 1 aliphatic carbocycles. The van der Waals surface area contributed by atoms with E-state index in [0.717, 1.165) is 27.8 Å². The first kappa shape index (κ1) is 73.7. The van der Waals surface area contributed by atoms with E-state index in [1.807, 2.05) is 66.7 Å². The van der Waals surface area contributed by atoms with Gasteiger partial charge in [-0.3, -0.25) is 38.4 Å². The highest BCUT2D eigenvalue weighted by atomic mass is 16.6. The monoisotopic (exact) mass is 1290 g/mol. The number of amides is 11. The number of ether oxygens (including phenoxy) is 4. The van der Waals surface area contributed by atoms with Gasteiger partial charge < -0.3 is 78.3 Å². The second-order valence-corrected chi connectivity index (χ2v) is 23.4. The maximum atomic E-state index is 13.8. The first-order valence-corrected chi connectivity index (χ1v) is 30.9. The zero-order valence-electron chi connectivity index (χ0n) is 53.3. The second-order valence-electron chi connectivity index (χ2n) is 23.4. The first-order valence-electron chi connectivity index (χ1n) is 30.9. The van der Waals surface area contributed by atoms with Crippen molar-refractivity contribution in [2.24, 2.45) is 11.5 Å². The Labute approximate surface area is 540 Å². The van der Waals surface area contributed by atoms with E-state index in [1.54, 1.807) is 63.2 Å². The van der Waals surface area contributed by atoms with E-state index < -0.39 is 126 Å². The molecule has 0 aliphatic heterocycles. The van der Waals surface area contributed by atoms with Crippen LogP contribution >= 0.6 is 0 Å². The lowest BCUT2D eigenvalue weighted by molar-refractivity contribution is -0.149. The van der Waals surface area contributed by atoms with Gasteiger partial charge in [-0.15, -0.1) is 0 Å². The molecule has 27 nitrogen and oxygen atoms in total. The standard InChI is InChI=1S/C66H87N11O16/c1-40(71-61(85)52(29-17-20-36-70-63(87)91-38-44-23-11-8-12-24-44)74-54(78)33-31-50(56(67)80)77-60(84)42(3)73-65(89)93-66(4,5)6)58(82)69-35-19-18-30-53(62(86)90-37-43-21-9-7-10-22-43)75-55(79)34-32-51(57(68)81)76-59(83)41(2)72-64(88)92-39-49-47-27-15-13-25-45(47)46-26-14-16-28-48(46)49/h7-16,21-28,40-42,49-53H,17-20,29-39H2,1-6H3,(H2,67,80)(H2,68,81)(H,69,82)(H,70,87)(H,71,85)(H,72,88)(H,73,89)(H,74,78)(H,75,79)(H,76,83)(H,77,84)/t40-,41+,42+,50+,51+,52+,53+/m1/s1. The Hall–Kier alpha value is -10.1. The summed E-state index contributed by atoms with van der Waals surface area (Å²) < 4.78 is 21.5. The fraction of sp³-hybridized carbons (Fsp3) is 0.455. The molecule has 13 N–H and O–H groups in total. The van der Waals surface area contributed by atoms with E-state index in [1.165, 1.54) is 20.8 Å². The van der Waals surface area contributed by atoms with E-state index in [0.29, 0.717) is 18.4 Å². The Morgan fingerprint density at radius 1 is 0.430 bits per heavy atom. The Morgan fingerprint density at radius 3 is 1.38 bits per heavy atom. The molecule has 0 bridgehead atoms. The summed E-state index contributed by atoms with van der Waals surface area (Å²) in [5.41, 5.74) is 15.9. The summed E-state index contributed by atoms with van der Waals surface area (Å²) in [5, 5.41) is 22.9. The molecule has 0 heterocycles. The smallest absolute Gasteiger partial charge is 0.408 e. The SMILES string of the molecule is C[C@H](NC(=O)OCC1c2ccccc2-c2ccccc21)C(=O)N[C@@H](CCC(=O)N[C@@H](CCCCNC(=O)[C@@H](C)NC(=O)[C@H](CCCCNC(=O)OCc1ccccc1)NC(=O)CC[C@H](NC(=O)[C@H](C)NC(=O)OC(C)(C)C)C(N)=O)C(=O)OCc1ccccc1)C(N)=O. The molecule has 0 unspecified atom stereocenters. The molecule has 0 spiro atoms. The number of esters is 1. The van der Waals surface area contributed by atoms with Crippen LogP contribution in [0, 0.1) is 0 Å². The lowest BCUT2D eigenvalue weighted by atomic mass is 9.98. The Balaban J connectivity index is 1.11. The molecule has 93 heavy (non-hydrogen) atoms. The molecule has 0 fully saturated rings. The zero-order chi connectivity index (χ0) is 68.0. The quantitative estimate of drug-likeness (QED) is 0.0175. The van der Waals surface area contributed by atoms with Gasteiger partial charge >= 0.3 is 24.2 Å². The number of nitrogens with one attached hydrogen (secondary N) is 9. The fourth-order valence-corrected chi connectivity index (χ4v) is 9.68. The number of benzene rings is 4. The number of hydrogen-bond acceptors (Lipinski definition) is 16. The highest BCUT2D eigenvalue weighted by Gasteiger charge is 2.32. The molecule has 0 saturated heterocycles. The average Bonchev–Trinajstić information content (AvgIpc) is 1.62. The van der Waals surface area contributed by atoms with Crippen LogP contribution in [0.25, 0.3) is 11.1 Å². The van der Waals surface area contributed by atoms with Gasteiger partial charge in [-0.25, -0.2) is 19.2 Å². The molecule has 1 aliphatic rings. The third kappa shape index (κ3) is 26.0. The molecule has 4 aromatic carbocycles. The van der Waals surface area contributed by atoms with Crippen LogP contribution in [0.4, 0.5) is 14.4 Å². The van der Waals surface area contributed by atoms with Gasteiger partial charge in [-0.2, -0.15) is 0 Å². The predicted molar refractivity (Wildman–Crippen MR) is 340 cm³/mol. The maximum Gasteiger partial charge on any atom is 0.408 e. The van der Waals surface area contributed by atoms with Crippen molar-refractivity contribution in [3.8, 4) is 11.1 Å². The number of alkyl carbamates (subject to hydrolysis) is 3. The number of primary amides is 2. The lowest BCUT2D eigenvalue weighted by Crippen LogP contribution is -2.54. The number of unbranched alkanes of at least 4 members (excludes halogenated alkanes) is 2. The molecule has 0 aromatic heterocycles. The van der Waals surface area contributed by atoms with Crippen molar-refractivity contribution < 1.29 is 76.5 Å². The maximum absolute atomic E-state index is 13.8. The van der Waals surface area contributed by atoms with Crippen LogP contribution in [0.2, 0.25) is 0 Å². The van der Waals surface area contributed by atoms with Gasteiger partial charge in [-0.1, -0.05) is 109 Å². The van der Waals surface area contributed by atoms with Gasteiger partial charge in [0.2, 0.25) is 47.3 Å². The summed E-state index contributed by atoms with van der Waals surface area (Å²) in [6.45, 7) is 9.23. The molecule has 5 rings (SSSR count). The van der Waals surface area contributed by atoms with Crippen LogP contribution in [-0.4, -0.2) is 139 Å². The van der Waals surface area contributed by atoms with Crippen LogP contribution in [0.15, 0.2) is 109 Å². The summed E-state index contributed by atoms with van der Waals surface area (Å²) in [5.74, 6) is -7.20. The van der Waals surface area contributed by atoms with Gasteiger partial charge in [0.1, 0.15) is 67.7 Å². The highest BCUT2D eigenvalue weighted by Crippen LogP contribution is 2.44. The topological polar surface area (TPSA) is 402 Å². The minimum atomic E-state index is -1.35. The minimum absolute atomic E-state index is 0.000472.